The second-order valence-corrected chi connectivity index (χ2v) is 5.36. The Morgan fingerprint density at radius 3 is 2.59 bits per heavy atom. The van der Waals surface area contributed by atoms with Crippen LogP contribution in [0.1, 0.15) is 40.9 Å². The van der Waals surface area contributed by atoms with Gasteiger partial charge < -0.3 is 9.52 Å². The monoisotopic (exact) mass is 300 g/mol. The summed E-state index contributed by atoms with van der Waals surface area (Å²) in [6.45, 7) is 1.27. The summed E-state index contributed by atoms with van der Waals surface area (Å²) in [4.78, 5) is 29.2. The standard InChI is InChI=1S/C16H16N2O4/c1-10-14(22-15(17-10)11-7-8-11)16(21)18(9-13(19)20)12-5-3-2-4-6-12/h2-6,11H,7-9H2,1H3,(H,19,20). The van der Waals surface area contributed by atoms with Gasteiger partial charge in [0.15, 0.2) is 5.89 Å². The van der Waals surface area contributed by atoms with E-state index in [-0.39, 0.29) is 5.76 Å². The van der Waals surface area contributed by atoms with Crippen molar-refractivity contribution >= 4 is 17.6 Å². The molecule has 1 aliphatic rings. The number of anilines is 1. The molecule has 0 unspecified atom stereocenters. The summed E-state index contributed by atoms with van der Waals surface area (Å²) in [5, 5.41) is 9.07. The lowest BCUT2D eigenvalue weighted by Gasteiger charge is -2.19. The average Bonchev–Trinajstić information content (AvgIpc) is 3.28. The maximum atomic E-state index is 12.7. The Hall–Kier alpha value is -2.63. The summed E-state index contributed by atoms with van der Waals surface area (Å²) in [6.07, 6.45) is 2.04. The lowest BCUT2D eigenvalue weighted by Crippen LogP contribution is -2.35. The second-order valence-electron chi connectivity index (χ2n) is 5.36. The van der Waals surface area contributed by atoms with E-state index in [0.717, 1.165) is 12.8 Å². The van der Waals surface area contributed by atoms with Gasteiger partial charge in [0.1, 0.15) is 6.54 Å². The van der Waals surface area contributed by atoms with Crippen molar-refractivity contribution in [1.29, 1.82) is 0 Å². The fourth-order valence-electron chi connectivity index (χ4n) is 2.27. The zero-order valence-electron chi connectivity index (χ0n) is 12.2. The minimum atomic E-state index is -1.09. The molecule has 2 aromatic rings. The van der Waals surface area contributed by atoms with Crippen molar-refractivity contribution in [3.8, 4) is 0 Å². The molecule has 1 aromatic carbocycles. The number of carboxylic acid groups (broad SMARTS) is 1. The van der Waals surface area contributed by atoms with Gasteiger partial charge in [-0.25, -0.2) is 4.98 Å². The Bertz CT molecular complexity index is 704. The summed E-state index contributed by atoms with van der Waals surface area (Å²) >= 11 is 0. The van der Waals surface area contributed by atoms with Gasteiger partial charge in [0, 0.05) is 11.6 Å². The Balaban J connectivity index is 1.93. The van der Waals surface area contributed by atoms with Gasteiger partial charge in [0.25, 0.3) is 5.91 Å². The zero-order chi connectivity index (χ0) is 15.7. The number of carbonyl (C=O) groups excluding carboxylic acids is 1. The number of para-hydroxylation sites is 1. The molecule has 1 amide bonds. The fourth-order valence-corrected chi connectivity index (χ4v) is 2.27. The Morgan fingerprint density at radius 1 is 1.32 bits per heavy atom. The molecule has 0 spiro atoms. The largest absolute Gasteiger partial charge is 0.480 e. The minimum Gasteiger partial charge on any atom is -0.480 e. The van der Waals surface area contributed by atoms with Gasteiger partial charge in [0.2, 0.25) is 5.76 Å². The lowest BCUT2D eigenvalue weighted by molar-refractivity contribution is -0.135. The van der Waals surface area contributed by atoms with E-state index in [1.54, 1.807) is 37.3 Å². The van der Waals surface area contributed by atoms with Crippen LogP contribution in [-0.2, 0) is 4.79 Å². The first-order chi connectivity index (χ1) is 10.6. The van der Waals surface area contributed by atoms with Crippen LogP contribution in [0.5, 0.6) is 0 Å². The summed E-state index contributed by atoms with van der Waals surface area (Å²) in [5.41, 5.74) is 1.01. The minimum absolute atomic E-state index is 0.118. The first kappa shape index (κ1) is 14.3. The third kappa shape index (κ3) is 2.86. The normalized spacial score (nSPS) is 13.9. The molecule has 0 aliphatic heterocycles. The number of aliphatic carboxylic acids is 1. The van der Waals surface area contributed by atoms with Crippen LogP contribution in [0, 0.1) is 6.92 Å². The average molecular weight is 300 g/mol. The van der Waals surface area contributed by atoms with E-state index in [4.69, 9.17) is 9.52 Å². The van der Waals surface area contributed by atoms with Crippen LogP contribution < -0.4 is 4.90 Å². The van der Waals surface area contributed by atoms with Crippen LogP contribution >= 0.6 is 0 Å². The highest BCUT2D eigenvalue weighted by Gasteiger charge is 2.32. The first-order valence-corrected chi connectivity index (χ1v) is 7.12. The van der Waals surface area contributed by atoms with Crippen LogP contribution in [0.15, 0.2) is 34.7 Å². The number of carbonyl (C=O) groups is 2. The highest BCUT2D eigenvalue weighted by molar-refractivity contribution is 6.07. The lowest BCUT2D eigenvalue weighted by atomic mass is 10.2. The number of rotatable bonds is 5. The molecule has 22 heavy (non-hydrogen) atoms. The molecule has 0 atom stereocenters. The van der Waals surface area contributed by atoms with Crippen molar-refractivity contribution in [2.75, 3.05) is 11.4 Å². The fraction of sp³-hybridized carbons (Fsp3) is 0.312. The van der Waals surface area contributed by atoms with Crippen molar-refractivity contribution < 1.29 is 19.1 Å². The van der Waals surface area contributed by atoms with Gasteiger partial charge in [-0.05, 0) is 31.9 Å². The number of aryl methyl sites for hydroxylation is 1. The highest BCUT2D eigenvalue weighted by atomic mass is 16.4. The SMILES string of the molecule is Cc1nc(C2CC2)oc1C(=O)N(CC(=O)O)c1ccccc1. The van der Waals surface area contributed by atoms with Crippen molar-refractivity contribution in [1.82, 2.24) is 4.98 Å². The Morgan fingerprint density at radius 2 is 2.00 bits per heavy atom. The molecule has 6 nitrogen and oxygen atoms in total. The van der Waals surface area contributed by atoms with Crippen molar-refractivity contribution in [3.05, 3.63) is 47.7 Å². The summed E-state index contributed by atoms with van der Waals surface area (Å²) in [5.74, 6) is -0.580. The zero-order valence-corrected chi connectivity index (χ0v) is 12.2. The van der Waals surface area contributed by atoms with E-state index in [9.17, 15) is 9.59 Å². The number of hydrogen-bond acceptors (Lipinski definition) is 4. The van der Waals surface area contributed by atoms with Gasteiger partial charge >= 0.3 is 5.97 Å². The predicted octanol–water partition coefficient (Wildman–Crippen LogP) is 2.59. The number of carboxylic acids is 1. The van der Waals surface area contributed by atoms with Crippen LogP contribution in [0.3, 0.4) is 0 Å². The first-order valence-electron chi connectivity index (χ1n) is 7.12. The molecule has 3 rings (SSSR count). The van der Waals surface area contributed by atoms with E-state index in [0.29, 0.717) is 23.2 Å². The summed E-state index contributed by atoms with van der Waals surface area (Å²) < 4.78 is 5.59. The number of benzene rings is 1. The molecule has 1 aliphatic carbocycles. The molecular formula is C16H16N2O4. The number of amides is 1. The van der Waals surface area contributed by atoms with Crippen LogP contribution in [0.4, 0.5) is 5.69 Å². The second kappa shape index (κ2) is 5.63. The number of nitrogens with zero attached hydrogens (tertiary/aromatic N) is 2. The van der Waals surface area contributed by atoms with Gasteiger partial charge in [0.05, 0.1) is 5.69 Å². The number of hydrogen-bond donors (Lipinski definition) is 1. The summed E-state index contributed by atoms with van der Waals surface area (Å²) in [7, 11) is 0. The molecule has 114 valence electrons. The van der Waals surface area contributed by atoms with Crippen LogP contribution in [0.2, 0.25) is 0 Å². The maximum absolute atomic E-state index is 12.7. The van der Waals surface area contributed by atoms with Gasteiger partial charge in [-0.2, -0.15) is 0 Å². The Kier molecular flexibility index (Phi) is 3.66. The van der Waals surface area contributed by atoms with E-state index >= 15 is 0 Å². The van der Waals surface area contributed by atoms with E-state index in [2.05, 4.69) is 4.98 Å². The summed E-state index contributed by atoms with van der Waals surface area (Å²) in [6, 6.07) is 8.68. The molecule has 1 aromatic heterocycles. The van der Waals surface area contributed by atoms with E-state index < -0.39 is 18.4 Å². The molecule has 1 fully saturated rings. The van der Waals surface area contributed by atoms with E-state index in [1.165, 1.54) is 4.90 Å². The smallest absolute Gasteiger partial charge is 0.323 e. The van der Waals surface area contributed by atoms with Gasteiger partial charge in [-0.3, -0.25) is 14.5 Å². The topological polar surface area (TPSA) is 83.6 Å². The molecule has 1 N–H and O–H groups in total. The number of aromatic nitrogens is 1. The molecule has 0 bridgehead atoms. The number of oxazole rings is 1. The van der Waals surface area contributed by atoms with Crippen molar-refractivity contribution in [2.24, 2.45) is 0 Å². The molecule has 6 heteroatoms. The molecule has 1 saturated carbocycles. The van der Waals surface area contributed by atoms with Gasteiger partial charge in [-0.1, -0.05) is 18.2 Å². The highest BCUT2D eigenvalue weighted by Crippen LogP contribution is 2.40. The van der Waals surface area contributed by atoms with Crippen molar-refractivity contribution in [3.63, 3.8) is 0 Å². The predicted molar refractivity (Wildman–Crippen MR) is 79.0 cm³/mol. The third-order valence-electron chi connectivity index (χ3n) is 3.54. The van der Waals surface area contributed by atoms with Crippen molar-refractivity contribution in [2.45, 2.75) is 25.7 Å². The Labute approximate surface area is 127 Å². The maximum Gasteiger partial charge on any atom is 0.323 e. The molecule has 0 saturated heterocycles. The quantitative estimate of drug-likeness (QED) is 0.917. The third-order valence-corrected chi connectivity index (χ3v) is 3.54. The molecule has 1 heterocycles. The van der Waals surface area contributed by atoms with Gasteiger partial charge in [-0.15, -0.1) is 0 Å². The van der Waals surface area contributed by atoms with E-state index in [1.807, 2.05) is 0 Å². The molecular weight excluding hydrogens is 284 g/mol. The van der Waals surface area contributed by atoms with Crippen LogP contribution in [-0.4, -0.2) is 28.5 Å². The van der Waals surface area contributed by atoms with Crippen LogP contribution in [0.25, 0.3) is 0 Å². The molecule has 0 radical (unpaired) electrons.